The van der Waals surface area contributed by atoms with Gasteiger partial charge in [-0.25, -0.2) is 0 Å². The largest absolute Gasteiger partial charge is 0.457 e. The summed E-state index contributed by atoms with van der Waals surface area (Å²) < 4.78 is 5.83. The molecule has 5 heteroatoms. The normalized spacial score (nSPS) is 15.1. The number of fused-ring (bicyclic) bond motifs is 1. The van der Waals surface area contributed by atoms with Crippen molar-refractivity contribution in [3.8, 4) is 11.3 Å². The van der Waals surface area contributed by atoms with Crippen LogP contribution < -0.4 is 0 Å². The van der Waals surface area contributed by atoms with Crippen molar-refractivity contribution in [1.29, 1.82) is 0 Å². The third kappa shape index (κ3) is 2.80. The average molecular weight is 373 g/mol. The monoisotopic (exact) mass is 372 g/mol. The van der Waals surface area contributed by atoms with E-state index in [9.17, 15) is 4.79 Å². The molecule has 24 heavy (non-hydrogen) atoms. The van der Waals surface area contributed by atoms with Gasteiger partial charge in [-0.3, -0.25) is 4.79 Å². The second-order valence-electron chi connectivity index (χ2n) is 5.27. The molecule has 0 bridgehead atoms. The molecular weight excluding hydrogens is 363 g/mol. The van der Waals surface area contributed by atoms with E-state index in [1.807, 2.05) is 42.5 Å². The minimum Gasteiger partial charge on any atom is -0.457 e. The van der Waals surface area contributed by atoms with Crippen LogP contribution in [0.5, 0.6) is 0 Å². The van der Waals surface area contributed by atoms with Crippen LogP contribution in [-0.2, 0) is 0 Å². The van der Waals surface area contributed by atoms with E-state index >= 15 is 0 Å². The van der Waals surface area contributed by atoms with Crippen molar-refractivity contribution >= 4 is 46.8 Å². The van der Waals surface area contributed by atoms with E-state index in [0.29, 0.717) is 26.5 Å². The molecule has 0 atom stereocenters. The molecule has 0 saturated heterocycles. The number of thioether (sulfide) groups is 1. The first-order valence-corrected chi connectivity index (χ1v) is 8.77. The molecule has 0 aliphatic carbocycles. The van der Waals surface area contributed by atoms with Gasteiger partial charge in [0.1, 0.15) is 11.5 Å². The Morgan fingerprint density at radius 2 is 1.79 bits per heavy atom. The lowest BCUT2D eigenvalue weighted by Crippen LogP contribution is -1.93. The zero-order chi connectivity index (χ0) is 16.7. The molecule has 1 aliphatic heterocycles. The Kier molecular flexibility index (Phi) is 4.01. The summed E-state index contributed by atoms with van der Waals surface area (Å²) in [5, 5.41) is 0.975. The first-order valence-electron chi connectivity index (χ1n) is 7.20. The summed E-state index contributed by atoms with van der Waals surface area (Å²) in [6.07, 6.45) is 1.77. The van der Waals surface area contributed by atoms with Gasteiger partial charge >= 0.3 is 0 Å². The van der Waals surface area contributed by atoms with E-state index in [2.05, 4.69) is 0 Å². The van der Waals surface area contributed by atoms with Crippen molar-refractivity contribution in [3.05, 3.63) is 80.9 Å². The first kappa shape index (κ1) is 15.6. The van der Waals surface area contributed by atoms with Crippen LogP contribution in [0.4, 0.5) is 0 Å². The van der Waals surface area contributed by atoms with Crippen molar-refractivity contribution in [2.24, 2.45) is 0 Å². The van der Waals surface area contributed by atoms with Crippen LogP contribution in [0.3, 0.4) is 0 Å². The molecule has 0 saturated carbocycles. The van der Waals surface area contributed by atoms with Crippen LogP contribution in [-0.4, -0.2) is 5.78 Å². The fourth-order valence-corrected chi connectivity index (χ4v) is 3.83. The van der Waals surface area contributed by atoms with Crippen molar-refractivity contribution in [2.45, 2.75) is 4.90 Å². The number of halogens is 2. The quantitative estimate of drug-likeness (QED) is 0.475. The molecule has 0 amide bonds. The molecule has 3 aromatic rings. The third-order valence-electron chi connectivity index (χ3n) is 3.68. The lowest BCUT2D eigenvalue weighted by Gasteiger charge is -1.99. The Morgan fingerprint density at radius 1 is 0.958 bits per heavy atom. The van der Waals surface area contributed by atoms with Crippen LogP contribution in [0.25, 0.3) is 17.4 Å². The van der Waals surface area contributed by atoms with Crippen LogP contribution in [0.1, 0.15) is 16.1 Å². The number of rotatable bonds is 2. The number of hydrogen-bond donors (Lipinski definition) is 0. The SMILES string of the molecule is O=C1/C(=C\c2ccc(-c3ccc(Cl)c(Cl)c3)o2)Sc2ccccc21. The number of Topliss-reactive ketones (excluding diaryl/α,β-unsaturated/α-hetero) is 1. The van der Waals surface area contributed by atoms with Gasteiger partial charge in [-0.1, -0.05) is 47.1 Å². The Morgan fingerprint density at radius 3 is 2.58 bits per heavy atom. The molecule has 2 heterocycles. The zero-order valence-electron chi connectivity index (χ0n) is 12.3. The summed E-state index contributed by atoms with van der Waals surface area (Å²) in [7, 11) is 0. The molecule has 118 valence electrons. The first-order chi connectivity index (χ1) is 11.6. The number of ketones is 1. The summed E-state index contributed by atoms with van der Waals surface area (Å²) in [5.74, 6) is 1.33. The van der Waals surface area contributed by atoms with Crippen molar-refractivity contribution < 1.29 is 9.21 Å². The third-order valence-corrected chi connectivity index (χ3v) is 5.52. The molecule has 0 fully saturated rings. The maximum absolute atomic E-state index is 12.4. The van der Waals surface area contributed by atoms with E-state index in [0.717, 1.165) is 16.0 Å². The van der Waals surface area contributed by atoms with Gasteiger partial charge in [0.15, 0.2) is 0 Å². The molecule has 1 aliphatic rings. The van der Waals surface area contributed by atoms with Gasteiger partial charge in [-0.15, -0.1) is 0 Å². The van der Waals surface area contributed by atoms with E-state index in [-0.39, 0.29) is 5.78 Å². The summed E-state index contributed by atoms with van der Waals surface area (Å²) in [4.78, 5) is 14.0. The highest BCUT2D eigenvalue weighted by Gasteiger charge is 2.25. The van der Waals surface area contributed by atoms with Crippen LogP contribution in [0.15, 0.2) is 68.8 Å². The molecule has 0 radical (unpaired) electrons. The van der Waals surface area contributed by atoms with E-state index < -0.39 is 0 Å². The van der Waals surface area contributed by atoms with Crippen LogP contribution >= 0.6 is 35.0 Å². The minimum atomic E-state index is 0.0306. The fourth-order valence-electron chi connectivity index (χ4n) is 2.50. The number of carbonyl (C=O) groups is 1. The summed E-state index contributed by atoms with van der Waals surface area (Å²) in [6, 6.07) is 16.6. The van der Waals surface area contributed by atoms with Crippen molar-refractivity contribution in [2.75, 3.05) is 0 Å². The van der Waals surface area contributed by atoms with E-state index in [1.165, 1.54) is 11.8 Å². The van der Waals surface area contributed by atoms with E-state index in [4.69, 9.17) is 27.6 Å². The predicted octanol–water partition coefficient (Wildman–Crippen LogP) is 6.58. The molecule has 0 N–H and O–H groups in total. The number of benzene rings is 2. The highest BCUT2D eigenvalue weighted by Crippen LogP contribution is 2.41. The second-order valence-corrected chi connectivity index (χ2v) is 7.17. The Balaban J connectivity index is 1.64. The molecule has 0 unspecified atom stereocenters. The van der Waals surface area contributed by atoms with Crippen LogP contribution in [0, 0.1) is 0 Å². The van der Waals surface area contributed by atoms with Gasteiger partial charge in [-0.2, -0.15) is 0 Å². The van der Waals surface area contributed by atoms with Crippen molar-refractivity contribution in [1.82, 2.24) is 0 Å². The maximum atomic E-state index is 12.4. The van der Waals surface area contributed by atoms with E-state index in [1.54, 1.807) is 18.2 Å². The summed E-state index contributed by atoms with van der Waals surface area (Å²) in [6.45, 7) is 0. The number of hydrogen-bond acceptors (Lipinski definition) is 3. The molecule has 2 nitrogen and oxygen atoms in total. The molecule has 0 spiro atoms. The highest BCUT2D eigenvalue weighted by atomic mass is 35.5. The van der Waals surface area contributed by atoms with Gasteiger partial charge in [0.2, 0.25) is 5.78 Å². The molecular formula is C19H10Cl2O2S. The maximum Gasteiger partial charge on any atom is 0.200 e. The summed E-state index contributed by atoms with van der Waals surface area (Å²) in [5.41, 5.74) is 1.58. The number of furan rings is 1. The molecule has 4 rings (SSSR count). The zero-order valence-corrected chi connectivity index (χ0v) is 14.6. The highest BCUT2D eigenvalue weighted by molar-refractivity contribution is 8.04. The standard InChI is InChI=1S/C19H10Cl2O2S/c20-14-7-5-11(9-15(14)21)16-8-6-12(23-16)10-18-19(22)13-3-1-2-4-17(13)24-18/h1-10H/b18-10+. The number of allylic oxidation sites excluding steroid dienone is 1. The van der Waals surface area contributed by atoms with Gasteiger partial charge in [0, 0.05) is 16.0 Å². The fraction of sp³-hybridized carbons (Fsp3) is 0. The van der Waals surface area contributed by atoms with Gasteiger partial charge < -0.3 is 4.42 Å². The van der Waals surface area contributed by atoms with Gasteiger partial charge in [-0.05, 0) is 48.5 Å². The number of carbonyl (C=O) groups excluding carboxylic acids is 1. The van der Waals surface area contributed by atoms with Gasteiger partial charge in [0.05, 0.1) is 15.0 Å². The van der Waals surface area contributed by atoms with Crippen molar-refractivity contribution in [3.63, 3.8) is 0 Å². The lowest BCUT2D eigenvalue weighted by atomic mass is 10.1. The smallest absolute Gasteiger partial charge is 0.200 e. The topological polar surface area (TPSA) is 30.2 Å². The summed E-state index contributed by atoms with van der Waals surface area (Å²) >= 11 is 13.4. The second kappa shape index (κ2) is 6.17. The van der Waals surface area contributed by atoms with Gasteiger partial charge in [0.25, 0.3) is 0 Å². The molecule has 1 aromatic heterocycles. The van der Waals surface area contributed by atoms with Crippen LogP contribution in [0.2, 0.25) is 10.0 Å². The minimum absolute atomic E-state index is 0.0306. The molecule has 2 aromatic carbocycles. The Hall–Kier alpha value is -1.94. The predicted molar refractivity (Wildman–Crippen MR) is 98.8 cm³/mol. The average Bonchev–Trinajstić information content (AvgIpc) is 3.16. The lowest BCUT2D eigenvalue weighted by molar-refractivity contribution is 0.104. The Labute approximate surface area is 153 Å². The Bertz CT molecular complexity index is 989.